The van der Waals surface area contributed by atoms with Gasteiger partial charge in [-0.15, -0.1) is 11.3 Å². The molecular weight excluding hydrogens is 312 g/mol. The summed E-state index contributed by atoms with van der Waals surface area (Å²) in [5.41, 5.74) is 1.06. The van der Waals surface area contributed by atoms with Gasteiger partial charge in [0.25, 0.3) is 0 Å². The van der Waals surface area contributed by atoms with Crippen molar-refractivity contribution in [2.45, 2.75) is 19.9 Å². The van der Waals surface area contributed by atoms with Gasteiger partial charge in [-0.05, 0) is 40.5 Å². The zero-order chi connectivity index (χ0) is 13.0. The van der Waals surface area contributed by atoms with Crippen molar-refractivity contribution in [3.8, 4) is 5.75 Å². The van der Waals surface area contributed by atoms with E-state index in [0.717, 1.165) is 28.9 Å². The average molecular weight is 327 g/mol. The number of aromatic nitrogens is 1. The third kappa shape index (κ3) is 3.23. The van der Waals surface area contributed by atoms with Crippen molar-refractivity contribution in [1.82, 2.24) is 4.98 Å². The first-order valence-corrected chi connectivity index (χ1v) is 7.35. The molecule has 2 rings (SSSR count). The normalized spacial score (nSPS) is 10.4. The third-order valence-electron chi connectivity index (χ3n) is 2.52. The van der Waals surface area contributed by atoms with Gasteiger partial charge < -0.3 is 10.1 Å². The van der Waals surface area contributed by atoms with Crippen LogP contribution in [0, 0.1) is 0 Å². The average Bonchev–Trinajstić information content (AvgIpc) is 2.84. The van der Waals surface area contributed by atoms with E-state index < -0.39 is 0 Å². The number of nitrogens with one attached hydrogen (secondary N) is 1. The smallest absolute Gasteiger partial charge is 0.133 e. The quantitative estimate of drug-likeness (QED) is 0.898. The lowest BCUT2D eigenvalue weighted by Gasteiger charge is -2.07. The number of aryl methyl sites for hydroxylation is 1. The Morgan fingerprint density at radius 1 is 1.44 bits per heavy atom. The van der Waals surface area contributed by atoms with Crippen molar-refractivity contribution in [2.24, 2.45) is 0 Å². The van der Waals surface area contributed by atoms with Crippen LogP contribution >= 0.6 is 27.3 Å². The van der Waals surface area contributed by atoms with E-state index in [2.05, 4.69) is 33.2 Å². The van der Waals surface area contributed by atoms with Crippen LogP contribution in [0.3, 0.4) is 0 Å². The summed E-state index contributed by atoms with van der Waals surface area (Å²) >= 11 is 5.23. The van der Waals surface area contributed by atoms with Crippen LogP contribution in [0.25, 0.3) is 0 Å². The summed E-state index contributed by atoms with van der Waals surface area (Å²) in [5, 5.41) is 4.56. The molecule has 0 atom stereocenters. The minimum Gasteiger partial charge on any atom is -0.496 e. The number of thiazole rings is 1. The Morgan fingerprint density at radius 2 is 2.28 bits per heavy atom. The first kappa shape index (κ1) is 13.4. The number of rotatable bonds is 5. The zero-order valence-corrected chi connectivity index (χ0v) is 12.8. The number of benzene rings is 1. The molecule has 1 aromatic carbocycles. The first-order chi connectivity index (χ1) is 8.72. The van der Waals surface area contributed by atoms with E-state index in [-0.39, 0.29) is 0 Å². The molecule has 0 fully saturated rings. The molecule has 0 saturated heterocycles. The third-order valence-corrected chi connectivity index (χ3v) is 4.28. The van der Waals surface area contributed by atoms with Crippen LogP contribution in [0.2, 0.25) is 0 Å². The van der Waals surface area contributed by atoms with E-state index in [1.54, 1.807) is 18.4 Å². The molecule has 5 heteroatoms. The van der Waals surface area contributed by atoms with Gasteiger partial charge in [-0.2, -0.15) is 0 Å². The molecule has 1 heterocycles. The molecule has 0 saturated carbocycles. The monoisotopic (exact) mass is 326 g/mol. The number of hydrogen-bond acceptors (Lipinski definition) is 4. The van der Waals surface area contributed by atoms with Crippen molar-refractivity contribution in [1.29, 1.82) is 0 Å². The lowest BCUT2D eigenvalue weighted by Crippen LogP contribution is -1.97. The number of anilines is 1. The maximum atomic E-state index is 5.20. The number of ether oxygens (including phenoxy) is 1. The minimum absolute atomic E-state index is 0.802. The largest absolute Gasteiger partial charge is 0.496 e. The van der Waals surface area contributed by atoms with Crippen molar-refractivity contribution in [3.05, 3.63) is 38.8 Å². The predicted molar refractivity (Wildman–Crippen MR) is 79.5 cm³/mol. The Labute approximate surface area is 119 Å². The number of halogens is 1. The van der Waals surface area contributed by atoms with Gasteiger partial charge in [0.15, 0.2) is 0 Å². The van der Waals surface area contributed by atoms with Gasteiger partial charge in [-0.3, -0.25) is 0 Å². The van der Waals surface area contributed by atoms with Crippen LogP contribution in [-0.4, -0.2) is 12.1 Å². The van der Waals surface area contributed by atoms with Crippen molar-refractivity contribution in [3.63, 3.8) is 0 Å². The van der Waals surface area contributed by atoms with E-state index in [1.165, 1.54) is 9.88 Å². The molecule has 0 aliphatic heterocycles. The van der Waals surface area contributed by atoms with Crippen molar-refractivity contribution in [2.75, 3.05) is 12.4 Å². The second-order valence-electron chi connectivity index (χ2n) is 3.78. The molecule has 0 aliphatic carbocycles. The van der Waals surface area contributed by atoms with Crippen LogP contribution in [0.15, 0.2) is 28.9 Å². The molecule has 3 nitrogen and oxygen atoms in total. The summed E-state index contributed by atoms with van der Waals surface area (Å²) in [6.45, 7) is 2.92. The van der Waals surface area contributed by atoms with E-state index in [1.807, 2.05) is 24.4 Å². The maximum Gasteiger partial charge on any atom is 0.133 e. The molecule has 0 bridgehead atoms. The van der Waals surface area contributed by atoms with Crippen LogP contribution in [-0.2, 0) is 13.0 Å². The van der Waals surface area contributed by atoms with Gasteiger partial charge >= 0.3 is 0 Å². The second kappa shape index (κ2) is 6.20. The number of methoxy groups -OCH3 is 1. The molecule has 0 unspecified atom stereocenters. The Hall–Kier alpha value is -1.07. The maximum absolute atomic E-state index is 5.20. The van der Waals surface area contributed by atoms with Gasteiger partial charge in [0.1, 0.15) is 5.75 Å². The molecule has 1 aromatic heterocycles. The molecule has 0 amide bonds. The molecular formula is C13H15BrN2OS. The van der Waals surface area contributed by atoms with E-state index in [9.17, 15) is 0 Å². The number of nitrogens with zero attached hydrogens (tertiary/aromatic N) is 1. The van der Waals surface area contributed by atoms with Gasteiger partial charge in [-0.1, -0.05) is 6.92 Å². The molecule has 0 aliphatic rings. The highest BCUT2D eigenvalue weighted by Gasteiger charge is 2.03. The topological polar surface area (TPSA) is 34.2 Å². The summed E-state index contributed by atoms with van der Waals surface area (Å²) < 4.78 is 6.15. The van der Waals surface area contributed by atoms with E-state index in [0.29, 0.717) is 0 Å². The van der Waals surface area contributed by atoms with E-state index >= 15 is 0 Å². The van der Waals surface area contributed by atoms with Gasteiger partial charge in [0, 0.05) is 16.8 Å². The molecule has 1 N–H and O–H groups in total. The highest BCUT2D eigenvalue weighted by atomic mass is 79.9. The Morgan fingerprint density at radius 3 is 2.89 bits per heavy atom. The molecule has 0 radical (unpaired) electrons. The van der Waals surface area contributed by atoms with Crippen LogP contribution in [0.4, 0.5) is 5.69 Å². The predicted octanol–water partition coefficient (Wildman–Crippen LogP) is 4.09. The summed E-state index contributed by atoms with van der Waals surface area (Å²) in [4.78, 5) is 5.59. The minimum atomic E-state index is 0.802. The number of hydrogen-bond donors (Lipinski definition) is 1. The summed E-state index contributed by atoms with van der Waals surface area (Å²) in [5.74, 6) is 0.839. The van der Waals surface area contributed by atoms with E-state index in [4.69, 9.17) is 4.74 Å². The van der Waals surface area contributed by atoms with Crippen LogP contribution in [0.5, 0.6) is 5.75 Å². The molecule has 0 spiro atoms. The van der Waals surface area contributed by atoms with Crippen LogP contribution in [0.1, 0.15) is 16.8 Å². The first-order valence-electron chi connectivity index (χ1n) is 5.74. The SMILES string of the molecule is CCc1ncc(CNc2ccc(OC)c(Br)c2)s1. The standard InChI is InChI=1S/C13H15BrN2OS/c1-3-13-16-8-10(18-13)7-15-9-4-5-12(17-2)11(14)6-9/h4-6,8,15H,3,7H2,1-2H3. The lowest BCUT2D eigenvalue weighted by atomic mass is 10.3. The second-order valence-corrected chi connectivity index (χ2v) is 5.83. The summed E-state index contributed by atoms with van der Waals surface area (Å²) in [7, 11) is 1.66. The fourth-order valence-electron chi connectivity index (χ4n) is 1.56. The highest BCUT2D eigenvalue weighted by molar-refractivity contribution is 9.10. The lowest BCUT2D eigenvalue weighted by molar-refractivity contribution is 0.412. The van der Waals surface area contributed by atoms with Gasteiger partial charge in [0.2, 0.25) is 0 Å². The fourth-order valence-corrected chi connectivity index (χ4v) is 2.90. The van der Waals surface area contributed by atoms with Crippen molar-refractivity contribution >= 4 is 33.0 Å². The zero-order valence-electron chi connectivity index (χ0n) is 10.4. The Balaban J connectivity index is 1.99. The Bertz CT molecular complexity index is 527. The molecule has 96 valence electrons. The van der Waals surface area contributed by atoms with Gasteiger partial charge in [0.05, 0.1) is 23.1 Å². The Kier molecular flexibility index (Phi) is 4.60. The van der Waals surface area contributed by atoms with Crippen molar-refractivity contribution < 1.29 is 4.74 Å². The summed E-state index contributed by atoms with van der Waals surface area (Å²) in [6.07, 6.45) is 2.94. The van der Waals surface area contributed by atoms with Gasteiger partial charge in [-0.25, -0.2) is 4.98 Å². The molecule has 18 heavy (non-hydrogen) atoms. The highest BCUT2D eigenvalue weighted by Crippen LogP contribution is 2.28. The summed E-state index contributed by atoms with van der Waals surface area (Å²) in [6, 6.07) is 5.96. The molecule has 2 aromatic rings. The fraction of sp³-hybridized carbons (Fsp3) is 0.308. The van der Waals surface area contributed by atoms with Crippen LogP contribution < -0.4 is 10.1 Å².